The van der Waals surface area contributed by atoms with Gasteiger partial charge in [-0.15, -0.1) is 0 Å². The summed E-state index contributed by atoms with van der Waals surface area (Å²) in [6.45, 7) is 5.45. The van der Waals surface area contributed by atoms with Crippen LogP contribution in [0.3, 0.4) is 0 Å². The van der Waals surface area contributed by atoms with Crippen molar-refractivity contribution in [3.8, 4) is 5.75 Å². The lowest BCUT2D eigenvalue weighted by molar-refractivity contribution is -0.130. The van der Waals surface area contributed by atoms with Crippen LogP contribution in [-0.2, 0) is 14.8 Å². The fourth-order valence-corrected chi connectivity index (χ4v) is 5.36. The number of aryl methyl sites for hydroxylation is 2. The molecule has 6 nitrogen and oxygen atoms in total. The Kier molecular flexibility index (Phi) is 7.59. The van der Waals surface area contributed by atoms with Crippen LogP contribution in [0.1, 0.15) is 43.2 Å². The van der Waals surface area contributed by atoms with E-state index in [1.165, 1.54) is 4.31 Å². The highest BCUT2D eigenvalue weighted by atomic mass is 32.2. The monoisotopic (exact) mass is 444 g/mol. The third kappa shape index (κ3) is 5.58. The van der Waals surface area contributed by atoms with Crippen molar-refractivity contribution in [2.24, 2.45) is 0 Å². The summed E-state index contributed by atoms with van der Waals surface area (Å²) in [5, 5.41) is 0. The molecule has 3 rings (SSSR count). The molecule has 0 atom stereocenters. The number of hydrogen-bond donors (Lipinski definition) is 0. The maximum absolute atomic E-state index is 13.6. The van der Waals surface area contributed by atoms with Crippen molar-refractivity contribution in [3.63, 3.8) is 0 Å². The zero-order valence-electron chi connectivity index (χ0n) is 18.6. The quantitative estimate of drug-likeness (QED) is 0.639. The van der Waals surface area contributed by atoms with Gasteiger partial charge in [0.05, 0.1) is 17.7 Å². The second kappa shape index (κ2) is 10.2. The molecule has 1 amide bonds. The Bertz CT molecular complexity index is 995. The first kappa shape index (κ1) is 23.1. The van der Waals surface area contributed by atoms with E-state index in [0.29, 0.717) is 11.4 Å². The molecule has 1 aliphatic rings. The van der Waals surface area contributed by atoms with Crippen LogP contribution in [0.5, 0.6) is 5.75 Å². The summed E-state index contributed by atoms with van der Waals surface area (Å²) in [4.78, 5) is 14.9. The summed E-state index contributed by atoms with van der Waals surface area (Å²) in [6, 6.07) is 12.0. The van der Waals surface area contributed by atoms with Gasteiger partial charge in [0.1, 0.15) is 5.75 Å². The Balaban J connectivity index is 1.88. The number of methoxy groups -OCH3 is 1. The third-order valence-electron chi connectivity index (χ3n) is 5.91. The molecule has 2 aromatic carbocycles. The highest BCUT2D eigenvalue weighted by molar-refractivity contribution is 7.92. The molecule has 0 unspecified atom stereocenters. The number of carbonyl (C=O) groups excluding carboxylic acids is 1. The summed E-state index contributed by atoms with van der Waals surface area (Å²) in [5.74, 6) is 0.656. The number of likely N-dealkylation sites (tertiary alicyclic amines) is 1. The van der Waals surface area contributed by atoms with E-state index in [4.69, 9.17) is 4.74 Å². The number of nitrogens with zero attached hydrogens (tertiary/aromatic N) is 2. The SMILES string of the molecule is COc1ccc(N(CCC(=O)N2CCCCCC2)S(=O)(=O)c2ccc(C)c(C)c2)cc1. The molecule has 31 heavy (non-hydrogen) atoms. The van der Waals surface area contributed by atoms with Gasteiger partial charge in [-0.25, -0.2) is 8.42 Å². The average molecular weight is 445 g/mol. The van der Waals surface area contributed by atoms with E-state index >= 15 is 0 Å². The van der Waals surface area contributed by atoms with Crippen LogP contribution >= 0.6 is 0 Å². The minimum atomic E-state index is -3.82. The molecule has 1 aliphatic heterocycles. The Morgan fingerprint density at radius 2 is 1.61 bits per heavy atom. The number of benzene rings is 2. The van der Waals surface area contributed by atoms with Gasteiger partial charge in [-0.2, -0.15) is 0 Å². The van der Waals surface area contributed by atoms with Gasteiger partial charge >= 0.3 is 0 Å². The van der Waals surface area contributed by atoms with Crippen molar-refractivity contribution >= 4 is 21.6 Å². The molecule has 0 bridgehead atoms. The Morgan fingerprint density at radius 3 is 2.19 bits per heavy atom. The summed E-state index contributed by atoms with van der Waals surface area (Å²) >= 11 is 0. The van der Waals surface area contributed by atoms with E-state index in [2.05, 4.69) is 0 Å². The van der Waals surface area contributed by atoms with E-state index in [0.717, 1.165) is 49.9 Å². The fourth-order valence-electron chi connectivity index (χ4n) is 3.81. The number of amides is 1. The van der Waals surface area contributed by atoms with Gasteiger partial charge in [-0.05, 0) is 74.2 Å². The van der Waals surface area contributed by atoms with Gasteiger partial charge < -0.3 is 9.64 Å². The van der Waals surface area contributed by atoms with Crippen LogP contribution in [0.2, 0.25) is 0 Å². The first-order valence-electron chi connectivity index (χ1n) is 10.8. The Hall–Kier alpha value is -2.54. The average Bonchev–Trinajstić information content (AvgIpc) is 3.05. The maximum Gasteiger partial charge on any atom is 0.264 e. The second-order valence-electron chi connectivity index (χ2n) is 8.07. The van der Waals surface area contributed by atoms with Gasteiger partial charge in [0, 0.05) is 26.1 Å². The first-order valence-corrected chi connectivity index (χ1v) is 12.3. The standard InChI is InChI=1S/C24H32N2O4S/c1-19-8-13-23(18-20(19)2)31(28,29)26(21-9-11-22(30-3)12-10-21)17-14-24(27)25-15-6-4-5-7-16-25/h8-13,18H,4-7,14-17H2,1-3H3. The minimum absolute atomic E-state index is 0.00991. The molecule has 1 fully saturated rings. The molecule has 0 N–H and O–H groups in total. The predicted octanol–water partition coefficient (Wildman–Crippen LogP) is 4.30. The molecule has 168 valence electrons. The van der Waals surface area contributed by atoms with Crippen LogP contribution < -0.4 is 9.04 Å². The van der Waals surface area contributed by atoms with E-state index in [9.17, 15) is 13.2 Å². The summed E-state index contributed by atoms with van der Waals surface area (Å²) in [7, 11) is -2.26. The molecule has 1 saturated heterocycles. The van der Waals surface area contributed by atoms with Crippen molar-refractivity contribution < 1.29 is 17.9 Å². The summed E-state index contributed by atoms with van der Waals surface area (Å²) < 4.78 is 33.7. The number of carbonyl (C=O) groups is 1. The molecule has 0 aliphatic carbocycles. The van der Waals surface area contributed by atoms with Crippen LogP contribution in [0, 0.1) is 13.8 Å². The van der Waals surface area contributed by atoms with E-state index in [1.807, 2.05) is 24.8 Å². The largest absolute Gasteiger partial charge is 0.497 e. The number of anilines is 1. The van der Waals surface area contributed by atoms with Crippen LogP contribution in [0.15, 0.2) is 47.4 Å². The summed E-state index contributed by atoms with van der Waals surface area (Å²) in [6.07, 6.45) is 4.45. The lowest BCUT2D eigenvalue weighted by atomic mass is 10.1. The van der Waals surface area contributed by atoms with Gasteiger partial charge in [-0.3, -0.25) is 9.10 Å². The van der Waals surface area contributed by atoms with Crippen molar-refractivity contribution in [1.82, 2.24) is 4.90 Å². The fraction of sp³-hybridized carbons (Fsp3) is 0.458. The summed E-state index contributed by atoms with van der Waals surface area (Å²) in [5.41, 5.74) is 2.46. The first-order chi connectivity index (χ1) is 14.8. The zero-order valence-corrected chi connectivity index (χ0v) is 19.5. The zero-order chi connectivity index (χ0) is 22.4. The van der Waals surface area contributed by atoms with Gasteiger partial charge in [-0.1, -0.05) is 18.9 Å². The lowest BCUT2D eigenvalue weighted by Crippen LogP contribution is -2.37. The van der Waals surface area contributed by atoms with Crippen molar-refractivity contribution in [2.45, 2.75) is 50.8 Å². The molecular formula is C24H32N2O4S. The highest BCUT2D eigenvalue weighted by Gasteiger charge is 2.27. The smallest absolute Gasteiger partial charge is 0.264 e. The van der Waals surface area contributed by atoms with Crippen LogP contribution in [0.25, 0.3) is 0 Å². The highest BCUT2D eigenvalue weighted by Crippen LogP contribution is 2.27. The topological polar surface area (TPSA) is 66.9 Å². The molecule has 0 radical (unpaired) electrons. The number of sulfonamides is 1. The Labute approximate surface area is 185 Å². The molecular weight excluding hydrogens is 412 g/mol. The molecule has 2 aromatic rings. The van der Waals surface area contributed by atoms with Gasteiger partial charge in [0.15, 0.2) is 0 Å². The minimum Gasteiger partial charge on any atom is -0.497 e. The molecule has 0 aromatic heterocycles. The van der Waals surface area contributed by atoms with E-state index < -0.39 is 10.0 Å². The maximum atomic E-state index is 13.6. The number of hydrogen-bond acceptors (Lipinski definition) is 4. The molecule has 7 heteroatoms. The predicted molar refractivity (Wildman–Crippen MR) is 123 cm³/mol. The van der Waals surface area contributed by atoms with Gasteiger partial charge in [0.25, 0.3) is 10.0 Å². The van der Waals surface area contributed by atoms with Crippen molar-refractivity contribution in [2.75, 3.05) is 31.0 Å². The lowest BCUT2D eigenvalue weighted by Gasteiger charge is -2.27. The van der Waals surface area contributed by atoms with E-state index in [-0.39, 0.29) is 23.8 Å². The van der Waals surface area contributed by atoms with E-state index in [1.54, 1.807) is 43.5 Å². The third-order valence-corrected chi connectivity index (χ3v) is 7.74. The second-order valence-corrected chi connectivity index (χ2v) is 9.93. The van der Waals surface area contributed by atoms with Crippen LogP contribution in [-0.4, -0.2) is 46.0 Å². The normalized spacial score (nSPS) is 14.7. The van der Waals surface area contributed by atoms with Crippen molar-refractivity contribution in [1.29, 1.82) is 0 Å². The molecule has 0 spiro atoms. The van der Waals surface area contributed by atoms with Gasteiger partial charge in [0.2, 0.25) is 5.91 Å². The molecule has 1 heterocycles. The van der Waals surface area contributed by atoms with Crippen LogP contribution in [0.4, 0.5) is 5.69 Å². The Morgan fingerprint density at radius 1 is 0.968 bits per heavy atom. The van der Waals surface area contributed by atoms with Crippen molar-refractivity contribution in [3.05, 3.63) is 53.6 Å². The number of ether oxygens (including phenoxy) is 1. The molecule has 0 saturated carbocycles. The number of rotatable bonds is 7.